The molecule has 5 heteroatoms. The van der Waals surface area contributed by atoms with Crippen LogP contribution in [0.15, 0.2) is 0 Å². The third-order valence-electron chi connectivity index (χ3n) is 2.50. The average molecular weight is 238 g/mol. The Hall–Kier alpha value is -0.130. The van der Waals surface area contributed by atoms with Gasteiger partial charge >= 0.3 is 10.4 Å². The molecule has 4 nitrogen and oxygen atoms in total. The third-order valence-corrected chi connectivity index (χ3v) is 2.93. The van der Waals surface area contributed by atoms with Gasteiger partial charge in [-0.05, 0) is 12.3 Å². The molecule has 0 aliphatic carbocycles. The summed E-state index contributed by atoms with van der Waals surface area (Å²) in [4.78, 5) is 0. The second kappa shape index (κ2) is 8.07. The maximum absolute atomic E-state index is 10.4. The van der Waals surface area contributed by atoms with Crippen molar-refractivity contribution >= 4 is 10.4 Å². The van der Waals surface area contributed by atoms with Crippen LogP contribution in [0.3, 0.4) is 0 Å². The predicted molar refractivity (Wildman–Crippen MR) is 60.0 cm³/mol. The maximum Gasteiger partial charge on any atom is 0.397 e. The lowest BCUT2D eigenvalue weighted by Crippen LogP contribution is -2.13. The van der Waals surface area contributed by atoms with E-state index in [1.807, 2.05) is 6.92 Å². The van der Waals surface area contributed by atoms with Gasteiger partial charge in [0.2, 0.25) is 0 Å². The van der Waals surface area contributed by atoms with Crippen LogP contribution in [0.1, 0.15) is 52.4 Å². The molecule has 0 aliphatic rings. The summed E-state index contributed by atoms with van der Waals surface area (Å²) in [5.74, 6) is 0.226. The zero-order valence-electron chi connectivity index (χ0n) is 9.61. The van der Waals surface area contributed by atoms with Crippen LogP contribution in [-0.4, -0.2) is 19.6 Å². The van der Waals surface area contributed by atoms with E-state index in [0.29, 0.717) is 0 Å². The van der Waals surface area contributed by atoms with Crippen LogP contribution in [0.5, 0.6) is 0 Å². The van der Waals surface area contributed by atoms with Gasteiger partial charge in [-0.25, -0.2) is 4.18 Å². The van der Waals surface area contributed by atoms with Crippen LogP contribution in [0.4, 0.5) is 0 Å². The molecular weight excluding hydrogens is 216 g/mol. The van der Waals surface area contributed by atoms with E-state index in [4.69, 9.17) is 4.55 Å². The lowest BCUT2D eigenvalue weighted by molar-refractivity contribution is 0.210. The highest BCUT2D eigenvalue weighted by Crippen LogP contribution is 2.15. The Labute approximate surface area is 93.0 Å². The summed E-state index contributed by atoms with van der Waals surface area (Å²) in [6.07, 6.45) is 6.53. The number of unbranched alkanes of at least 4 members (excludes halogenated alkanes) is 3. The molecule has 15 heavy (non-hydrogen) atoms. The zero-order chi connectivity index (χ0) is 11.7. The van der Waals surface area contributed by atoms with Crippen LogP contribution in [0, 0.1) is 5.92 Å². The SMILES string of the molecule is CCCCCCC(CC)COS(=O)(=O)O. The molecule has 92 valence electrons. The van der Waals surface area contributed by atoms with Crippen LogP contribution in [0.25, 0.3) is 0 Å². The lowest BCUT2D eigenvalue weighted by Gasteiger charge is -2.13. The minimum Gasteiger partial charge on any atom is -0.264 e. The molecule has 1 unspecified atom stereocenters. The number of rotatable bonds is 9. The van der Waals surface area contributed by atoms with Gasteiger partial charge in [-0.2, -0.15) is 8.42 Å². The Morgan fingerprint density at radius 1 is 1.20 bits per heavy atom. The van der Waals surface area contributed by atoms with Crippen LogP contribution in [-0.2, 0) is 14.6 Å². The van der Waals surface area contributed by atoms with Crippen molar-refractivity contribution < 1.29 is 17.2 Å². The van der Waals surface area contributed by atoms with Crippen LogP contribution >= 0.6 is 0 Å². The van der Waals surface area contributed by atoms with E-state index in [9.17, 15) is 8.42 Å². The van der Waals surface area contributed by atoms with Gasteiger partial charge in [-0.3, -0.25) is 4.55 Å². The van der Waals surface area contributed by atoms with Gasteiger partial charge in [0.05, 0.1) is 6.61 Å². The van der Waals surface area contributed by atoms with E-state index in [0.717, 1.165) is 19.3 Å². The molecule has 0 fully saturated rings. The fourth-order valence-corrected chi connectivity index (χ4v) is 1.81. The van der Waals surface area contributed by atoms with E-state index in [1.54, 1.807) is 0 Å². The predicted octanol–water partition coefficient (Wildman–Crippen LogP) is 2.80. The highest BCUT2D eigenvalue weighted by molar-refractivity contribution is 7.80. The molecule has 0 heterocycles. The molecule has 0 amide bonds. The molecule has 0 radical (unpaired) electrons. The monoisotopic (exact) mass is 238 g/mol. The summed E-state index contributed by atoms with van der Waals surface area (Å²) in [5, 5.41) is 0. The highest BCUT2D eigenvalue weighted by atomic mass is 32.3. The van der Waals surface area contributed by atoms with Gasteiger partial charge in [0, 0.05) is 0 Å². The van der Waals surface area contributed by atoms with Crippen molar-refractivity contribution in [2.75, 3.05) is 6.61 Å². The van der Waals surface area contributed by atoms with E-state index in [1.165, 1.54) is 19.3 Å². The first-order valence-electron chi connectivity index (χ1n) is 5.61. The standard InChI is InChI=1S/C10H22O4S/c1-3-5-6-7-8-10(4-2)9-14-15(11,12)13/h10H,3-9H2,1-2H3,(H,11,12,13). The largest absolute Gasteiger partial charge is 0.397 e. The summed E-state index contributed by atoms with van der Waals surface area (Å²) < 4.78 is 33.5. The van der Waals surface area contributed by atoms with Crippen molar-refractivity contribution in [3.8, 4) is 0 Å². The number of hydrogen-bond donors (Lipinski definition) is 1. The quantitative estimate of drug-likeness (QED) is 0.495. The van der Waals surface area contributed by atoms with Crippen molar-refractivity contribution in [2.24, 2.45) is 5.92 Å². The molecule has 0 aromatic heterocycles. The van der Waals surface area contributed by atoms with Crippen molar-refractivity contribution in [1.82, 2.24) is 0 Å². The molecule has 0 aromatic carbocycles. The topological polar surface area (TPSA) is 63.6 Å². The molecular formula is C10H22O4S. The summed E-state index contributed by atoms with van der Waals surface area (Å²) in [5.41, 5.74) is 0. The fourth-order valence-electron chi connectivity index (χ4n) is 1.45. The molecule has 0 rings (SSSR count). The van der Waals surface area contributed by atoms with Crippen molar-refractivity contribution in [2.45, 2.75) is 52.4 Å². The first-order chi connectivity index (χ1) is 6.99. The maximum atomic E-state index is 10.4. The van der Waals surface area contributed by atoms with Crippen molar-refractivity contribution in [3.05, 3.63) is 0 Å². The van der Waals surface area contributed by atoms with Crippen LogP contribution < -0.4 is 0 Å². The highest BCUT2D eigenvalue weighted by Gasteiger charge is 2.11. The Kier molecular flexibility index (Phi) is 8.00. The van der Waals surface area contributed by atoms with Gasteiger partial charge in [-0.15, -0.1) is 0 Å². The second-order valence-electron chi connectivity index (χ2n) is 3.84. The van der Waals surface area contributed by atoms with E-state index < -0.39 is 10.4 Å². The Bertz CT molecular complexity index is 236. The second-order valence-corrected chi connectivity index (χ2v) is 4.93. The summed E-state index contributed by atoms with van der Waals surface area (Å²) in [6, 6.07) is 0. The lowest BCUT2D eigenvalue weighted by atomic mass is 9.99. The summed E-state index contributed by atoms with van der Waals surface area (Å²) >= 11 is 0. The average Bonchev–Trinajstić information content (AvgIpc) is 2.15. The van der Waals surface area contributed by atoms with Gasteiger partial charge in [0.1, 0.15) is 0 Å². The number of hydrogen-bond acceptors (Lipinski definition) is 3. The molecule has 0 aromatic rings. The third kappa shape index (κ3) is 10.2. The Morgan fingerprint density at radius 3 is 2.33 bits per heavy atom. The summed E-state index contributed by atoms with van der Waals surface area (Å²) in [6.45, 7) is 4.25. The molecule has 0 saturated carbocycles. The summed E-state index contributed by atoms with van der Waals surface area (Å²) in [7, 11) is -4.26. The molecule has 0 spiro atoms. The van der Waals surface area contributed by atoms with Crippen molar-refractivity contribution in [1.29, 1.82) is 0 Å². The van der Waals surface area contributed by atoms with Crippen LogP contribution in [0.2, 0.25) is 0 Å². The molecule has 0 saturated heterocycles. The van der Waals surface area contributed by atoms with Crippen molar-refractivity contribution in [3.63, 3.8) is 0 Å². The van der Waals surface area contributed by atoms with Gasteiger partial charge in [0.25, 0.3) is 0 Å². The minimum atomic E-state index is -4.26. The van der Waals surface area contributed by atoms with Gasteiger partial charge in [0.15, 0.2) is 0 Å². The van der Waals surface area contributed by atoms with E-state index in [-0.39, 0.29) is 12.5 Å². The molecule has 1 N–H and O–H groups in total. The molecule has 0 aliphatic heterocycles. The van der Waals surface area contributed by atoms with E-state index in [2.05, 4.69) is 11.1 Å². The molecule has 1 atom stereocenters. The van der Waals surface area contributed by atoms with Gasteiger partial charge < -0.3 is 0 Å². The first-order valence-corrected chi connectivity index (χ1v) is 6.98. The minimum absolute atomic E-state index is 0.0987. The fraction of sp³-hybridized carbons (Fsp3) is 1.00. The molecule has 0 bridgehead atoms. The normalized spacial score (nSPS) is 14.1. The Morgan fingerprint density at radius 2 is 1.87 bits per heavy atom. The smallest absolute Gasteiger partial charge is 0.264 e. The van der Waals surface area contributed by atoms with Gasteiger partial charge in [-0.1, -0.05) is 46.0 Å². The zero-order valence-corrected chi connectivity index (χ0v) is 10.4. The first kappa shape index (κ1) is 14.9. The van der Waals surface area contributed by atoms with E-state index >= 15 is 0 Å². The Balaban J connectivity index is 3.64.